The van der Waals surface area contributed by atoms with Gasteiger partial charge in [0, 0.05) is 13.1 Å². The fourth-order valence-electron chi connectivity index (χ4n) is 2.47. The number of benzene rings is 1. The van der Waals surface area contributed by atoms with Crippen LogP contribution in [-0.2, 0) is 0 Å². The van der Waals surface area contributed by atoms with Gasteiger partial charge in [-0.25, -0.2) is 4.68 Å². The van der Waals surface area contributed by atoms with Gasteiger partial charge in [0.1, 0.15) is 0 Å². The number of nitrogens with one attached hydrogen (secondary N) is 1. The lowest BCUT2D eigenvalue weighted by molar-refractivity contribution is 0.0949. The Kier molecular flexibility index (Phi) is 5.55. The molecule has 0 aliphatic rings. The quantitative estimate of drug-likeness (QED) is 0.891. The maximum Gasteiger partial charge on any atom is 0.254 e. The number of aryl methyl sites for hydroxylation is 1. The van der Waals surface area contributed by atoms with Crippen LogP contribution in [0.2, 0.25) is 0 Å². The SMILES string of the molecule is Cc1ccc(-n2ncc(C(=O)NCCN(C)C)c2C(C)C)cc1. The number of rotatable bonds is 6. The number of hydrogen-bond acceptors (Lipinski definition) is 3. The largest absolute Gasteiger partial charge is 0.351 e. The van der Waals surface area contributed by atoms with Crippen LogP contribution in [0.4, 0.5) is 0 Å². The Labute approximate surface area is 138 Å². The highest BCUT2D eigenvalue weighted by atomic mass is 16.1. The van der Waals surface area contributed by atoms with E-state index in [9.17, 15) is 4.79 Å². The Morgan fingerprint density at radius 2 is 1.91 bits per heavy atom. The summed E-state index contributed by atoms with van der Waals surface area (Å²) in [5, 5.41) is 7.41. The molecule has 0 atom stereocenters. The molecule has 5 heteroatoms. The predicted molar refractivity (Wildman–Crippen MR) is 93.3 cm³/mol. The summed E-state index contributed by atoms with van der Waals surface area (Å²) in [7, 11) is 3.97. The molecule has 5 nitrogen and oxygen atoms in total. The van der Waals surface area contributed by atoms with Gasteiger partial charge in [0.25, 0.3) is 5.91 Å². The van der Waals surface area contributed by atoms with Crippen molar-refractivity contribution >= 4 is 5.91 Å². The summed E-state index contributed by atoms with van der Waals surface area (Å²) in [6, 6.07) is 8.17. The topological polar surface area (TPSA) is 50.2 Å². The monoisotopic (exact) mass is 314 g/mol. The molecule has 0 bridgehead atoms. The van der Waals surface area contributed by atoms with Crippen molar-refractivity contribution in [2.24, 2.45) is 0 Å². The first-order valence-electron chi connectivity index (χ1n) is 7.98. The van der Waals surface area contributed by atoms with Crippen molar-refractivity contribution in [3.63, 3.8) is 0 Å². The standard InChI is InChI=1S/C18H26N4O/c1-13(2)17-16(18(23)19-10-11-21(4)5)12-20-22(17)15-8-6-14(3)7-9-15/h6-9,12-13H,10-11H2,1-5H3,(H,19,23). The molecule has 1 N–H and O–H groups in total. The van der Waals surface area contributed by atoms with E-state index in [2.05, 4.69) is 43.3 Å². The number of aromatic nitrogens is 2. The van der Waals surface area contributed by atoms with Crippen molar-refractivity contribution < 1.29 is 4.79 Å². The first-order chi connectivity index (χ1) is 10.9. The average molecular weight is 314 g/mol. The lowest BCUT2D eigenvalue weighted by Gasteiger charge is -2.14. The molecule has 1 aromatic carbocycles. The highest BCUT2D eigenvalue weighted by Gasteiger charge is 2.20. The van der Waals surface area contributed by atoms with E-state index in [1.165, 1.54) is 5.56 Å². The highest BCUT2D eigenvalue weighted by molar-refractivity contribution is 5.95. The Hall–Kier alpha value is -2.14. The molecule has 1 amide bonds. The van der Waals surface area contributed by atoms with Gasteiger partial charge in [-0.2, -0.15) is 5.10 Å². The molecular weight excluding hydrogens is 288 g/mol. The summed E-state index contributed by atoms with van der Waals surface area (Å²) in [5.74, 6) is 0.141. The van der Waals surface area contributed by atoms with Crippen molar-refractivity contribution in [1.82, 2.24) is 20.0 Å². The molecule has 0 saturated carbocycles. The minimum Gasteiger partial charge on any atom is -0.351 e. The van der Waals surface area contributed by atoms with E-state index in [1.807, 2.05) is 35.8 Å². The van der Waals surface area contributed by atoms with Crippen LogP contribution in [0.15, 0.2) is 30.5 Å². The van der Waals surface area contributed by atoms with Crippen molar-refractivity contribution in [3.05, 3.63) is 47.3 Å². The number of amides is 1. The number of likely N-dealkylation sites (N-methyl/N-ethyl adjacent to an activating group) is 1. The Balaban J connectivity index is 2.28. The van der Waals surface area contributed by atoms with Gasteiger partial charge < -0.3 is 10.2 Å². The maximum atomic E-state index is 12.5. The first kappa shape index (κ1) is 17.2. The Bertz CT molecular complexity index is 656. The van der Waals surface area contributed by atoms with Gasteiger partial charge in [0.05, 0.1) is 23.1 Å². The molecule has 0 spiro atoms. The molecule has 1 aromatic heterocycles. The maximum absolute atomic E-state index is 12.5. The van der Waals surface area contributed by atoms with Crippen LogP contribution in [0.1, 0.15) is 41.4 Å². The van der Waals surface area contributed by atoms with Crippen LogP contribution < -0.4 is 5.32 Å². The normalized spacial score (nSPS) is 11.3. The molecule has 2 rings (SSSR count). The minimum absolute atomic E-state index is 0.0612. The third kappa shape index (κ3) is 4.20. The zero-order chi connectivity index (χ0) is 17.0. The summed E-state index contributed by atoms with van der Waals surface area (Å²) in [5.41, 5.74) is 3.77. The van der Waals surface area contributed by atoms with Gasteiger partial charge in [-0.15, -0.1) is 0 Å². The zero-order valence-electron chi connectivity index (χ0n) is 14.6. The highest BCUT2D eigenvalue weighted by Crippen LogP contribution is 2.23. The van der Waals surface area contributed by atoms with Gasteiger partial charge in [-0.3, -0.25) is 4.79 Å². The molecule has 23 heavy (non-hydrogen) atoms. The summed E-state index contributed by atoms with van der Waals surface area (Å²) in [6.07, 6.45) is 1.67. The van der Waals surface area contributed by atoms with E-state index >= 15 is 0 Å². The lowest BCUT2D eigenvalue weighted by Crippen LogP contribution is -2.31. The van der Waals surface area contributed by atoms with Crippen molar-refractivity contribution in [2.45, 2.75) is 26.7 Å². The smallest absolute Gasteiger partial charge is 0.254 e. The molecule has 0 unspecified atom stereocenters. The van der Waals surface area contributed by atoms with Crippen LogP contribution in [-0.4, -0.2) is 47.8 Å². The van der Waals surface area contributed by atoms with E-state index in [-0.39, 0.29) is 11.8 Å². The molecule has 0 saturated heterocycles. The second kappa shape index (κ2) is 7.42. The molecule has 0 aliphatic carbocycles. The fourth-order valence-corrected chi connectivity index (χ4v) is 2.47. The van der Waals surface area contributed by atoms with Crippen LogP contribution >= 0.6 is 0 Å². The molecule has 0 radical (unpaired) electrons. The van der Waals surface area contributed by atoms with E-state index in [1.54, 1.807) is 6.20 Å². The Morgan fingerprint density at radius 3 is 2.48 bits per heavy atom. The van der Waals surface area contributed by atoms with E-state index < -0.39 is 0 Å². The van der Waals surface area contributed by atoms with Gasteiger partial charge in [0.2, 0.25) is 0 Å². The van der Waals surface area contributed by atoms with Crippen molar-refractivity contribution in [1.29, 1.82) is 0 Å². The van der Waals surface area contributed by atoms with Gasteiger partial charge in [0.15, 0.2) is 0 Å². The van der Waals surface area contributed by atoms with E-state index in [4.69, 9.17) is 0 Å². The fraction of sp³-hybridized carbons (Fsp3) is 0.444. The number of nitrogens with zero attached hydrogens (tertiary/aromatic N) is 3. The summed E-state index contributed by atoms with van der Waals surface area (Å²) < 4.78 is 1.87. The number of carbonyl (C=O) groups is 1. The van der Waals surface area contributed by atoms with Crippen molar-refractivity contribution in [2.75, 3.05) is 27.2 Å². The molecule has 1 heterocycles. The Morgan fingerprint density at radius 1 is 1.26 bits per heavy atom. The summed E-state index contributed by atoms with van der Waals surface area (Å²) >= 11 is 0. The van der Waals surface area contributed by atoms with Gasteiger partial charge in [-0.05, 0) is 39.1 Å². The summed E-state index contributed by atoms with van der Waals surface area (Å²) in [6.45, 7) is 7.66. The van der Waals surface area contributed by atoms with Crippen molar-refractivity contribution in [3.8, 4) is 5.69 Å². The van der Waals surface area contributed by atoms with Gasteiger partial charge in [-0.1, -0.05) is 31.5 Å². The van der Waals surface area contributed by atoms with Crippen LogP contribution in [0.25, 0.3) is 5.69 Å². The minimum atomic E-state index is -0.0612. The number of carbonyl (C=O) groups excluding carboxylic acids is 1. The summed E-state index contributed by atoms with van der Waals surface area (Å²) in [4.78, 5) is 14.5. The van der Waals surface area contributed by atoms with E-state index in [0.29, 0.717) is 12.1 Å². The molecule has 0 aliphatic heterocycles. The van der Waals surface area contributed by atoms with Crippen LogP contribution in [0, 0.1) is 6.92 Å². The first-order valence-corrected chi connectivity index (χ1v) is 7.98. The third-order valence-electron chi connectivity index (χ3n) is 3.72. The molecule has 2 aromatic rings. The number of hydrogen-bond donors (Lipinski definition) is 1. The van der Waals surface area contributed by atoms with E-state index in [0.717, 1.165) is 17.9 Å². The second-order valence-electron chi connectivity index (χ2n) is 6.40. The molecular formula is C18H26N4O. The predicted octanol–water partition coefficient (Wildman–Crippen LogP) is 2.60. The second-order valence-corrected chi connectivity index (χ2v) is 6.40. The average Bonchev–Trinajstić information content (AvgIpc) is 2.92. The van der Waals surface area contributed by atoms with Crippen LogP contribution in [0.3, 0.4) is 0 Å². The zero-order valence-corrected chi connectivity index (χ0v) is 14.6. The van der Waals surface area contributed by atoms with Gasteiger partial charge >= 0.3 is 0 Å². The van der Waals surface area contributed by atoms with Crippen LogP contribution in [0.5, 0.6) is 0 Å². The molecule has 124 valence electrons. The third-order valence-corrected chi connectivity index (χ3v) is 3.72. The molecule has 0 fully saturated rings. The lowest BCUT2D eigenvalue weighted by atomic mass is 10.0.